The van der Waals surface area contributed by atoms with Gasteiger partial charge in [0.15, 0.2) is 0 Å². The van der Waals surface area contributed by atoms with Crippen LogP contribution in [0.3, 0.4) is 0 Å². The van der Waals surface area contributed by atoms with Crippen molar-refractivity contribution in [3.8, 4) is 5.75 Å². The number of ether oxygens (including phenoxy) is 1. The summed E-state index contributed by atoms with van der Waals surface area (Å²) in [5.41, 5.74) is 2.25. The first-order valence-corrected chi connectivity index (χ1v) is 5.73. The average Bonchev–Trinajstić information content (AvgIpc) is 2.96. The number of nitrogens with one attached hydrogen (secondary N) is 2. The zero-order chi connectivity index (χ0) is 13.4. The van der Waals surface area contributed by atoms with Gasteiger partial charge in [-0.05, 0) is 30.3 Å². The Balaban J connectivity index is 2.11. The van der Waals surface area contributed by atoms with Crippen molar-refractivity contribution >= 4 is 23.2 Å². The number of hydrogen-bond donors (Lipinski definition) is 2. The molecule has 2 heterocycles. The van der Waals surface area contributed by atoms with Gasteiger partial charge in [-0.1, -0.05) is 0 Å². The first-order valence-electron chi connectivity index (χ1n) is 5.73. The second-order valence-corrected chi connectivity index (χ2v) is 4.16. The van der Waals surface area contributed by atoms with E-state index in [0.717, 1.165) is 0 Å². The molecule has 0 unspecified atom stereocenters. The molecule has 0 saturated carbocycles. The summed E-state index contributed by atoms with van der Waals surface area (Å²) >= 11 is 0. The van der Waals surface area contributed by atoms with Gasteiger partial charge < -0.3 is 15.0 Å². The van der Waals surface area contributed by atoms with E-state index in [1.54, 1.807) is 31.5 Å². The van der Waals surface area contributed by atoms with Crippen LogP contribution in [0.4, 0.5) is 10.1 Å². The van der Waals surface area contributed by atoms with Crippen molar-refractivity contribution < 1.29 is 13.9 Å². The van der Waals surface area contributed by atoms with E-state index in [-0.39, 0.29) is 11.7 Å². The van der Waals surface area contributed by atoms with E-state index in [2.05, 4.69) is 10.3 Å². The van der Waals surface area contributed by atoms with E-state index < -0.39 is 0 Å². The maximum atomic E-state index is 13.3. The van der Waals surface area contributed by atoms with E-state index in [0.29, 0.717) is 28.3 Å². The number of carbonyl (C=O) groups excluding carboxylic acids is 1. The molecule has 96 valence electrons. The fourth-order valence-corrected chi connectivity index (χ4v) is 2.11. The number of aromatic nitrogens is 1. The van der Waals surface area contributed by atoms with Crippen LogP contribution in [0, 0.1) is 5.82 Å². The Hall–Kier alpha value is -2.56. The molecule has 0 bridgehead atoms. The van der Waals surface area contributed by atoms with Gasteiger partial charge in [-0.2, -0.15) is 0 Å². The van der Waals surface area contributed by atoms with Gasteiger partial charge in [0.05, 0.1) is 18.4 Å². The SMILES string of the molecule is COc1cc[nH]c1/C=C1/C(=O)Nc2ccc(F)cc21. The first-order chi connectivity index (χ1) is 9.19. The van der Waals surface area contributed by atoms with Gasteiger partial charge in [-0.15, -0.1) is 0 Å². The molecule has 5 heteroatoms. The Morgan fingerprint density at radius 2 is 2.16 bits per heavy atom. The number of H-pyrrole nitrogens is 1. The third-order valence-electron chi connectivity index (χ3n) is 3.01. The number of carbonyl (C=O) groups is 1. The van der Waals surface area contributed by atoms with E-state index in [1.807, 2.05) is 0 Å². The highest BCUT2D eigenvalue weighted by Crippen LogP contribution is 2.34. The summed E-state index contributed by atoms with van der Waals surface area (Å²) in [4.78, 5) is 14.9. The molecule has 0 radical (unpaired) electrons. The Morgan fingerprint density at radius 3 is 2.95 bits per heavy atom. The molecule has 0 spiro atoms. The number of halogens is 1. The topological polar surface area (TPSA) is 54.1 Å². The van der Waals surface area contributed by atoms with Crippen molar-refractivity contribution in [2.24, 2.45) is 0 Å². The molecular weight excluding hydrogens is 247 g/mol. The third-order valence-corrected chi connectivity index (χ3v) is 3.01. The molecule has 1 aliphatic heterocycles. The molecule has 19 heavy (non-hydrogen) atoms. The molecule has 0 aliphatic carbocycles. The molecule has 1 aromatic heterocycles. The normalized spacial score (nSPS) is 15.5. The van der Waals surface area contributed by atoms with Crippen LogP contribution in [0.5, 0.6) is 5.75 Å². The molecule has 0 atom stereocenters. The Kier molecular flexibility index (Phi) is 2.59. The summed E-state index contributed by atoms with van der Waals surface area (Å²) in [5, 5.41) is 2.70. The minimum Gasteiger partial charge on any atom is -0.495 e. The first kappa shape index (κ1) is 11.5. The largest absolute Gasteiger partial charge is 0.495 e. The lowest BCUT2D eigenvalue weighted by Gasteiger charge is -2.00. The average molecular weight is 258 g/mol. The van der Waals surface area contributed by atoms with Gasteiger partial charge in [0.1, 0.15) is 11.6 Å². The quantitative estimate of drug-likeness (QED) is 0.814. The Morgan fingerprint density at radius 1 is 1.32 bits per heavy atom. The lowest BCUT2D eigenvalue weighted by Crippen LogP contribution is -2.03. The fraction of sp³-hybridized carbons (Fsp3) is 0.0714. The third kappa shape index (κ3) is 1.89. The maximum absolute atomic E-state index is 13.3. The van der Waals surface area contributed by atoms with Crippen molar-refractivity contribution in [1.29, 1.82) is 0 Å². The molecule has 3 rings (SSSR count). The minimum absolute atomic E-state index is 0.253. The maximum Gasteiger partial charge on any atom is 0.256 e. The monoisotopic (exact) mass is 258 g/mol. The number of fused-ring (bicyclic) bond motifs is 1. The van der Waals surface area contributed by atoms with Crippen LogP contribution < -0.4 is 10.1 Å². The predicted molar refractivity (Wildman–Crippen MR) is 70.2 cm³/mol. The lowest BCUT2D eigenvalue weighted by molar-refractivity contribution is -0.110. The summed E-state index contributed by atoms with van der Waals surface area (Å²) < 4.78 is 18.4. The zero-order valence-corrected chi connectivity index (χ0v) is 10.2. The fourth-order valence-electron chi connectivity index (χ4n) is 2.11. The molecule has 0 saturated heterocycles. The van der Waals surface area contributed by atoms with Gasteiger partial charge in [-0.25, -0.2) is 4.39 Å². The van der Waals surface area contributed by atoms with E-state index in [4.69, 9.17) is 4.74 Å². The number of methoxy groups -OCH3 is 1. The molecule has 2 N–H and O–H groups in total. The van der Waals surface area contributed by atoms with Gasteiger partial charge >= 0.3 is 0 Å². The highest BCUT2D eigenvalue weighted by Gasteiger charge is 2.25. The van der Waals surface area contributed by atoms with Crippen molar-refractivity contribution in [2.75, 3.05) is 12.4 Å². The number of amides is 1. The van der Waals surface area contributed by atoms with Crippen LogP contribution in [0.15, 0.2) is 30.5 Å². The number of rotatable bonds is 2. The second kappa shape index (κ2) is 4.28. The zero-order valence-electron chi connectivity index (χ0n) is 10.2. The standard InChI is InChI=1S/C14H11FN2O2/c1-19-13-4-5-16-12(13)7-10-9-6-8(15)2-3-11(9)17-14(10)18/h2-7,16H,1H3,(H,17,18)/b10-7+. The minimum atomic E-state index is -0.375. The summed E-state index contributed by atoms with van der Waals surface area (Å²) in [6.07, 6.45) is 3.37. The van der Waals surface area contributed by atoms with Gasteiger partial charge in [0, 0.05) is 17.4 Å². The van der Waals surface area contributed by atoms with Gasteiger partial charge in [0.2, 0.25) is 0 Å². The molecule has 2 aromatic rings. The second-order valence-electron chi connectivity index (χ2n) is 4.16. The number of aromatic amines is 1. The summed E-state index contributed by atoms with van der Waals surface area (Å²) in [5.74, 6) is 0.00186. The van der Waals surface area contributed by atoms with Gasteiger partial charge in [-0.3, -0.25) is 4.79 Å². The van der Waals surface area contributed by atoms with Crippen molar-refractivity contribution in [3.63, 3.8) is 0 Å². The van der Waals surface area contributed by atoms with E-state index >= 15 is 0 Å². The number of benzene rings is 1. The molecular formula is C14H11FN2O2. The van der Waals surface area contributed by atoms with Crippen LogP contribution in [0.2, 0.25) is 0 Å². The number of hydrogen-bond acceptors (Lipinski definition) is 2. The summed E-state index contributed by atoms with van der Waals surface area (Å²) in [6, 6.07) is 5.97. The predicted octanol–water partition coefficient (Wildman–Crippen LogP) is 2.66. The molecule has 4 nitrogen and oxygen atoms in total. The van der Waals surface area contributed by atoms with E-state index in [1.165, 1.54) is 12.1 Å². The highest BCUT2D eigenvalue weighted by molar-refractivity contribution is 6.34. The molecule has 0 fully saturated rings. The Bertz CT molecular complexity index is 689. The molecule has 1 aliphatic rings. The van der Waals surface area contributed by atoms with Crippen LogP contribution in [-0.2, 0) is 4.79 Å². The molecule has 1 amide bonds. The van der Waals surface area contributed by atoms with Crippen LogP contribution in [-0.4, -0.2) is 18.0 Å². The van der Waals surface area contributed by atoms with Crippen molar-refractivity contribution in [2.45, 2.75) is 0 Å². The summed E-state index contributed by atoms with van der Waals surface area (Å²) in [7, 11) is 1.55. The number of anilines is 1. The highest BCUT2D eigenvalue weighted by atomic mass is 19.1. The lowest BCUT2D eigenvalue weighted by atomic mass is 10.1. The summed E-state index contributed by atoms with van der Waals surface area (Å²) in [6.45, 7) is 0. The molecule has 1 aromatic carbocycles. The Labute approximate surface area is 108 Å². The van der Waals surface area contributed by atoms with Crippen molar-refractivity contribution in [3.05, 3.63) is 47.5 Å². The van der Waals surface area contributed by atoms with Crippen molar-refractivity contribution in [1.82, 2.24) is 4.98 Å². The van der Waals surface area contributed by atoms with Gasteiger partial charge in [0.25, 0.3) is 5.91 Å². The van der Waals surface area contributed by atoms with Crippen LogP contribution >= 0.6 is 0 Å². The van der Waals surface area contributed by atoms with Crippen LogP contribution in [0.1, 0.15) is 11.3 Å². The van der Waals surface area contributed by atoms with Crippen LogP contribution in [0.25, 0.3) is 11.6 Å². The smallest absolute Gasteiger partial charge is 0.256 e. The van der Waals surface area contributed by atoms with E-state index in [9.17, 15) is 9.18 Å².